The topological polar surface area (TPSA) is 37.3 Å². The smallest absolute Gasteiger partial charge is 0.138 e. The number of rotatable bonds is 5. The molecule has 0 heterocycles. The Hall–Kier alpha value is -1.15. The minimum atomic E-state index is -0.218. The van der Waals surface area contributed by atoms with Crippen LogP contribution in [-0.4, -0.2) is 17.5 Å². The zero-order valence-corrected chi connectivity index (χ0v) is 21.7. The van der Waals surface area contributed by atoms with Gasteiger partial charge in [-0.15, -0.1) is 0 Å². The quantitative estimate of drug-likeness (QED) is 0.453. The lowest BCUT2D eigenvalue weighted by molar-refractivity contribution is -0.138. The van der Waals surface area contributed by atoms with Crippen molar-refractivity contribution in [2.75, 3.05) is 6.61 Å². The van der Waals surface area contributed by atoms with E-state index in [0.717, 1.165) is 37.2 Å². The van der Waals surface area contributed by atoms with E-state index < -0.39 is 0 Å². The Morgan fingerprint density at radius 1 is 1.16 bits per heavy atom. The fourth-order valence-corrected chi connectivity index (χ4v) is 8.62. The highest BCUT2D eigenvalue weighted by Crippen LogP contribution is 2.71. The second kappa shape index (κ2) is 7.97. The monoisotopic (exact) mass is 438 g/mol. The normalized spacial score (nSPS) is 41.9. The number of carbonyl (C=O) groups is 1. The van der Waals surface area contributed by atoms with Gasteiger partial charge in [-0.2, -0.15) is 0 Å². The number of aliphatic hydroxyl groups is 1. The molecular formula is C30H46O2. The fourth-order valence-electron chi connectivity index (χ4n) is 8.62. The van der Waals surface area contributed by atoms with Gasteiger partial charge in [0, 0.05) is 11.8 Å². The Bertz CT molecular complexity index is 873. The summed E-state index contributed by atoms with van der Waals surface area (Å²) in [6.07, 6.45) is 16.3. The molecule has 0 radical (unpaired) electrons. The molecule has 0 aromatic rings. The highest BCUT2D eigenvalue weighted by molar-refractivity contribution is 5.86. The van der Waals surface area contributed by atoms with Crippen LogP contribution in [0.3, 0.4) is 0 Å². The molecule has 178 valence electrons. The standard InChI is InChI=1S/C30H46O2/c1-20(19-31)9-8-10-21(2)22-13-17-30(7)24-11-12-25-27(3,4)26(32)15-16-28(25,5)23(24)14-18-29(22,30)6/h9,11,14,21-22,25,31H,8,10,12-13,15-19H2,1-7H3/b20-9+/t21-,22-,25?,28-,29-,30+/m0/s1. The summed E-state index contributed by atoms with van der Waals surface area (Å²) >= 11 is 0. The van der Waals surface area contributed by atoms with Crippen molar-refractivity contribution in [2.24, 2.45) is 39.4 Å². The Kier molecular flexibility index (Phi) is 5.97. The van der Waals surface area contributed by atoms with Crippen molar-refractivity contribution < 1.29 is 9.90 Å². The lowest BCUT2D eigenvalue weighted by Gasteiger charge is -2.59. The van der Waals surface area contributed by atoms with Crippen LogP contribution >= 0.6 is 0 Å². The number of aliphatic hydroxyl groups excluding tert-OH is 1. The summed E-state index contributed by atoms with van der Waals surface area (Å²) in [5.41, 5.74) is 4.80. The molecule has 0 aromatic heterocycles. The minimum Gasteiger partial charge on any atom is -0.392 e. The molecule has 4 rings (SSSR count). The van der Waals surface area contributed by atoms with Crippen LogP contribution in [0.15, 0.2) is 34.9 Å². The van der Waals surface area contributed by atoms with Gasteiger partial charge in [0.25, 0.3) is 0 Å². The summed E-state index contributed by atoms with van der Waals surface area (Å²) in [5, 5.41) is 9.30. The van der Waals surface area contributed by atoms with E-state index in [4.69, 9.17) is 0 Å². The van der Waals surface area contributed by atoms with Gasteiger partial charge in [0.2, 0.25) is 0 Å². The maximum atomic E-state index is 12.8. The van der Waals surface area contributed by atoms with Crippen molar-refractivity contribution in [1.82, 2.24) is 0 Å². The third-order valence-corrected chi connectivity index (χ3v) is 11.1. The second-order valence-corrected chi connectivity index (χ2v) is 12.9. The SMILES string of the molecule is C/C(=C\CC[C@H](C)[C@@H]1CC[C@]2(C)C3=CCC4C(C)(C)C(=O)CC[C@@]4(C)C3=CC[C@@]12C)CO. The van der Waals surface area contributed by atoms with E-state index in [1.54, 1.807) is 11.1 Å². The fraction of sp³-hybridized carbons (Fsp3) is 0.767. The van der Waals surface area contributed by atoms with Crippen LogP contribution in [-0.2, 0) is 4.79 Å². The minimum absolute atomic E-state index is 0.141. The highest BCUT2D eigenvalue weighted by Gasteiger charge is 2.63. The third kappa shape index (κ3) is 3.26. The van der Waals surface area contributed by atoms with Gasteiger partial charge < -0.3 is 5.11 Å². The van der Waals surface area contributed by atoms with Crippen LogP contribution in [0, 0.1) is 39.4 Å². The Morgan fingerprint density at radius 2 is 1.88 bits per heavy atom. The second-order valence-electron chi connectivity index (χ2n) is 12.9. The van der Waals surface area contributed by atoms with Gasteiger partial charge in [-0.3, -0.25) is 4.79 Å². The summed E-state index contributed by atoms with van der Waals surface area (Å²) in [6, 6.07) is 0. The van der Waals surface area contributed by atoms with Gasteiger partial charge in [-0.1, -0.05) is 65.3 Å². The van der Waals surface area contributed by atoms with E-state index in [1.807, 2.05) is 6.92 Å². The Labute approximate surface area is 196 Å². The van der Waals surface area contributed by atoms with Crippen molar-refractivity contribution in [3.05, 3.63) is 34.9 Å². The van der Waals surface area contributed by atoms with E-state index in [9.17, 15) is 9.90 Å². The maximum Gasteiger partial charge on any atom is 0.138 e. The number of hydrogen-bond acceptors (Lipinski definition) is 2. The largest absolute Gasteiger partial charge is 0.392 e. The van der Waals surface area contributed by atoms with Crippen molar-refractivity contribution in [3.8, 4) is 0 Å². The van der Waals surface area contributed by atoms with Crippen LogP contribution < -0.4 is 0 Å². The molecule has 0 aromatic carbocycles. The van der Waals surface area contributed by atoms with Crippen LogP contribution in [0.4, 0.5) is 0 Å². The molecule has 1 N–H and O–H groups in total. The van der Waals surface area contributed by atoms with Crippen LogP contribution in [0.2, 0.25) is 0 Å². The van der Waals surface area contributed by atoms with E-state index in [-0.39, 0.29) is 22.9 Å². The van der Waals surface area contributed by atoms with E-state index in [0.29, 0.717) is 23.0 Å². The molecule has 0 aliphatic heterocycles. The summed E-state index contributed by atoms with van der Waals surface area (Å²) in [5.74, 6) is 2.32. The first kappa shape index (κ1) is 24.0. The van der Waals surface area contributed by atoms with Gasteiger partial charge in [0.05, 0.1) is 6.61 Å². The average Bonchev–Trinajstić information content (AvgIpc) is 3.02. The highest BCUT2D eigenvalue weighted by atomic mass is 16.3. The van der Waals surface area contributed by atoms with Crippen molar-refractivity contribution in [2.45, 2.75) is 99.8 Å². The Balaban J connectivity index is 1.63. The zero-order chi connectivity index (χ0) is 23.5. The molecule has 6 atom stereocenters. The summed E-state index contributed by atoms with van der Waals surface area (Å²) in [6.45, 7) is 16.7. The number of hydrogen-bond donors (Lipinski definition) is 1. The first-order valence-corrected chi connectivity index (χ1v) is 13.1. The molecule has 4 aliphatic rings. The number of fused-ring (bicyclic) bond motifs is 5. The molecule has 32 heavy (non-hydrogen) atoms. The molecule has 2 nitrogen and oxygen atoms in total. The predicted octanol–water partition coefficient (Wildman–Crippen LogP) is 7.44. The first-order valence-electron chi connectivity index (χ1n) is 13.1. The summed E-state index contributed by atoms with van der Waals surface area (Å²) < 4.78 is 0. The van der Waals surface area contributed by atoms with Crippen LogP contribution in [0.1, 0.15) is 99.8 Å². The number of Topliss-reactive ketones (excluding diaryl/α,β-unsaturated/α-hetero) is 1. The molecule has 2 saturated carbocycles. The number of ketones is 1. The lowest BCUT2D eigenvalue weighted by atomic mass is 9.44. The average molecular weight is 439 g/mol. The molecule has 0 saturated heterocycles. The summed E-state index contributed by atoms with van der Waals surface area (Å²) in [4.78, 5) is 12.8. The van der Waals surface area contributed by atoms with Gasteiger partial charge in [0.15, 0.2) is 0 Å². The van der Waals surface area contributed by atoms with Gasteiger partial charge in [0.1, 0.15) is 5.78 Å². The molecule has 2 fully saturated rings. The molecule has 0 spiro atoms. The van der Waals surface area contributed by atoms with Gasteiger partial charge in [-0.05, 0) is 97.0 Å². The molecule has 4 aliphatic carbocycles. The molecule has 2 heteroatoms. The third-order valence-electron chi connectivity index (χ3n) is 11.1. The van der Waals surface area contributed by atoms with Crippen LogP contribution in [0.5, 0.6) is 0 Å². The lowest BCUT2D eigenvalue weighted by Crippen LogP contribution is -2.53. The van der Waals surface area contributed by atoms with Crippen LogP contribution in [0.25, 0.3) is 0 Å². The Morgan fingerprint density at radius 3 is 2.56 bits per heavy atom. The number of carbonyl (C=O) groups excluding carboxylic acids is 1. The number of allylic oxidation sites excluding steroid dienone is 5. The van der Waals surface area contributed by atoms with Crippen molar-refractivity contribution in [1.29, 1.82) is 0 Å². The summed E-state index contributed by atoms with van der Waals surface area (Å²) in [7, 11) is 0. The van der Waals surface area contributed by atoms with E-state index >= 15 is 0 Å². The zero-order valence-electron chi connectivity index (χ0n) is 21.7. The predicted molar refractivity (Wildman–Crippen MR) is 133 cm³/mol. The van der Waals surface area contributed by atoms with E-state index in [2.05, 4.69) is 59.8 Å². The molecular weight excluding hydrogens is 392 g/mol. The first-order chi connectivity index (χ1) is 14.9. The maximum absolute atomic E-state index is 12.8. The molecule has 0 amide bonds. The van der Waals surface area contributed by atoms with E-state index in [1.165, 1.54) is 25.7 Å². The molecule has 0 bridgehead atoms. The van der Waals surface area contributed by atoms with Gasteiger partial charge >= 0.3 is 0 Å². The van der Waals surface area contributed by atoms with Crippen molar-refractivity contribution >= 4 is 5.78 Å². The molecule has 1 unspecified atom stereocenters. The van der Waals surface area contributed by atoms with Gasteiger partial charge in [-0.25, -0.2) is 0 Å². The van der Waals surface area contributed by atoms with Crippen molar-refractivity contribution in [3.63, 3.8) is 0 Å².